The summed E-state index contributed by atoms with van der Waals surface area (Å²) in [5, 5.41) is 29.0. The maximum absolute atomic E-state index is 9.99. The Morgan fingerprint density at radius 2 is 1.79 bits per heavy atom. The highest BCUT2D eigenvalue weighted by Crippen LogP contribution is 2.36. The third kappa shape index (κ3) is 3.30. The van der Waals surface area contributed by atoms with Gasteiger partial charge in [0.1, 0.15) is 17.6 Å². The van der Waals surface area contributed by atoms with Gasteiger partial charge in [0.2, 0.25) is 0 Å². The predicted molar refractivity (Wildman–Crippen MR) is 74.0 cm³/mol. The molecule has 1 aromatic rings. The molecule has 0 aliphatic carbocycles. The van der Waals surface area contributed by atoms with E-state index in [1.807, 2.05) is 38.1 Å². The molecule has 1 fully saturated rings. The van der Waals surface area contributed by atoms with E-state index in [-0.39, 0.29) is 18.0 Å². The average molecular weight is 284 g/mol. The van der Waals surface area contributed by atoms with Crippen LogP contribution in [-0.2, 0) is 4.74 Å². The van der Waals surface area contributed by atoms with Crippen molar-refractivity contribution in [2.45, 2.75) is 42.5 Å². The van der Waals surface area contributed by atoms with E-state index in [2.05, 4.69) is 0 Å². The monoisotopic (exact) mass is 284 g/mol. The molecule has 3 N–H and O–H groups in total. The third-order valence-electron chi connectivity index (χ3n) is 3.46. The zero-order valence-corrected chi connectivity index (χ0v) is 11.9. The van der Waals surface area contributed by atoms with Gasteiger partial charge in [-0.05, 0) is 19.1 Å². The van der Waals surface area contributed by atoms with Crippen LogP contribution in [0.1, 0.15) is 12.5 Å². The second-order valence-corrected chi connectivity index (χ2v) is 6.17. The third-order valence-corrected chi connectivity index (χ3v) is 4.78. The standard InChI is InChI=1S/C14H20O4S/c1-8-3-5-10(6-4-8)19-14-9(2)12(16)13(17)11(7-15)18-14/h3-6,9,11-17H,7H2,1-2H3/t9-,11-,12-,13-,14-/m1/s1. The molecular formula is C14H20O4S. The summed E-state index contributed by atoms with van der Waals surface area (Å²) >= 11 is 1.50. The van der Waals surface area contributed by atoms with Crippen LogP contribution in [0.15, 0.2) is 29.2 Å². The molecule has 1 saturated heterocycles. The van der Waals surface area contributed by atoms with Crippen LogP contribution in [-0.4, -0.2) is 45.7 Å². The molecule has 4 nitrogen and oxygen atoms in total. The minimum atomic E-state index is -1.03. The Hall–Kier alpha value is -0.590. The first-order chi connectivity index (χ1) is 9.02. The Kier molecular flexibility index (Phi) is 4.86. The molecule has 0 saturated carbocycles. The van der Waals surface area contributed by atoms with Gasteiger partial charge in [0.05, 0.1) is 12.7 Å². The largest absolute Gasteiger partial charge is 0.394 e. The van der Waals surface area contributed by atoms with Crippen LogP contribution in [0.4, 0.5) is 0 Å². The summed E-state index contributed by atoms with van der Waals surface area (Å²) in [6.45, 7) is 3.57. The number of thioether (sulfide) groups is 1. The molecule has 0 aromatic heterocycles. The number of hydrogen-bond acceptors (Lipinski definition) is 5. The van der Waals surface area contributed by atoms with Crippen molar-refractivity contribution in [3.05, 3.63) is 29.8 Å². The first-order valence-electron chi connectivity index (χ1n) is 6.38. The van der Waals surface area contributed by atoms with E-state index in [1.165, 1.54) is 17.3 Å². The van der Waals surface area contributed by atoms with Crippen LogP contribution < -0.4 is 0 Å². The van der Waals surface area contributed by atoms with Crippen molar-refractivity contribution >= 4 is 11.8 Å². The number of rotatable bonds is 3. The second kappa shape index (κ2) is 6.24. The molecule has 1 aliphatic heterocycles. The number of aliphatic hydroxyl groups excluding tert-OH is 3. The molecule has 2 rings (SSSR count). The molecule has 1 aromatic carbocycles. The van der Waals surface area contributed by atoms with Gasteiger partial charge < -0.3 is 20.1 Å². The van der Waals surface area contributed by atoms with Gasteiger partial charge in [-0.15, -0.1) is 0 Å². The maximum atomic E-state index is 9.99. The van der Waals surface area contributed by atoms with E-state index < -0.39 is 18.3 Å². The fourth-order valence-electron chi connectivity index (χ4n) is 2.11. The van der Waals surface area contributed by atoms with Crippen LogP contribution in [0.3, 0.4) is 0 Å². The van der Waals surface area contributed by atoms with Gasteiger partial charge in [0.15, 0.2) is 0 Å². The van der Waals surface area contributed by atoms with Crippen LogP contribution in [0, 0.1) is 12.8 Å². The van der Waals surface area contributed by atoms with Crippen molar-refractivity contribution in [1.29, 1.82) is 0 Å². The minimum absolute atomic E-state index is 0.205. The lowest BCUT2D eigenvalue weighted by molar-refractivity contribution is -0.181. The second-order valence-electron chi connectivity index (χ2n) is 5.00. The Labute approximate surface area is 117 Å². The predicted octanol–water partition coefficient (Wildman–Crippen LogP) is 1.16. The number of aryl methyl sites for hydroxylation is 1. The summed E-state index contributed by atoms with van der Waals surface area (Å²) in [7, 11) is 0. The van der Waals surface area contributed by atoms with Gasteiger partial charge in [-0.3, -0.25) is 0 Å². The van der Waals surface area contributed by atoms with E-state index >= 15 is 0 Å². The highest BCUT2D eigenvalue weighted by Gasteiger charge is 2.42. The van der Waals surface area contributed by atoms with Crippen molar-refractivity contribution < 1.29 is 20.1 Å². The highest BCUT2D eigenvalue weighted by molar-refractivity contribution is 7.99. The first-order valence-corrected chi connectivity index (χ1v) is 7.26. The molecule has 19 heavy (non-hydrogen) atoms. The summed E-state index contributed by atoms with van der Waals surface area (Å²) in [4.78, 5) is 1.04. The molecule has 106 valence electrons. The maximum Gasteiger partial charge on any atom is 0.113 e. The first kappa shape index (κ1) is 14.8. The Morgan fingerprint density at radius 1 is 1.16 bits per heavy atom. The van der Waals surface area contributed by atoms with Crippen molar-refractivity contribution in [3.8, 4) is 0 Å². The summed E-state index contributed by atoms with van der Waals surface area (Å²) in [6, 6.07) is 8.04. The van der Waals surface area contributed by atoms with Crippen molar-refractivity contribution in [2.24, 2.45) is 5.92 Å². The lowest BCUT2D eigenvalue weighted by atomic mass is 9.94. The molecule has 5 atom stereocenters. The Balaban J connectivity index is 2.08. The number of benzene rings is 1. The topological polar surface area (TPSA) is 69.9 Å². The lowest BCUT2D eigenvalue weighted by Gasteiger charge is -2.40. The Morgan fingerprint density at radius 3 is 2.37 bits per heavy atom. The van der Waals surface area contributed by atoms with E-state index in [0.29, 0.717) is 0 Å². The highest BCUT2D eigenvalue weighted by atomic mass is 32.2. The summed E-state index contributed by atoms with van der Waals surface area (Å²) < 4.78 is 5.67. The summed E-state index contributed by atoms with van der Waals surface area (Å²) in [5.74, 6) is -0.205. The molecule has 5 heteroatoms. The van der Waals surface area contributed by atoms with E-state index in [9.17, 15) is 15.3 Å². The van der Waals surface area contributed by atoms with Crippen LogP contribution in [0.25, 0.3) is 0 Å². The number of hydrogen-bond donors (Lipinski definition) is 3. The van der Waals surface area contributed by atoms with Gasteiger partial charge in [-0.1, -0.05) is 36.4 Å². The van der Waals surface area contributed by atoms with Crippen molar-refractivity contribution in [3.63, 3.8) is 0 Å². The van der Waals surface area contributed by atoms with Gasteiger partial charge in [-0.2, -0.15) is 0 Å². The fraction of sp³-hybridized carbons (Fsp3) is 0.571. The fourth-order valence-corrected chi connectivity index (χ4v) is 3.24. The van der Waals surface area contributed by atoms with E-state index in [1.54, 1.807) is 0 Å². The Bertz CT molecular complexity index is 406. The van der Waals surface area contributed by atoms with Crippen molar-refractivity contribution in [2.75, 3.05) is 6.61 Å². The molecule has 0 unspecified atom stereocenters. The van der Waals surface area contributed by atoms with E-state index in [4.69, 9.17) is 4.74 Å². The molecule has 0 spiro atoms. The molecular weight excluding hydrogens is 264 g/mol. The van der Waals surface area contributed by atoms with E-state index in [0.717, 1.165) is 4.90 Å². The van der Waals surface area contributed by atoms with Crippen LogP contribution in [0.2, 0.25) is 0 Å². The number of ether oxygens (including phenoxy) is 1. The average Bonchev–Trinajstić information content (AvgIpc) is 2.42. The summed E-state index contributed by atoms with van der Waals surface area (Å²) in [5.41, 5.74) is 0.906. The molecule has 0 amide bonds. The van der Waals surface area contributed by atoms with Gasteiger partial charge in [0, 0.05) is 10.8 Å². The normalized spacial score (nSPS) is 35.3. The molecule has 0 bridgehead atoms. The SMILES string of the molecule is Cc1ccc(S[C@H]2O[C@H](CO)[C@@H](O)[C@H](O)[C@H]2C)cc1. The quantitative estimate of drug-likeness (QED) is 0.777. The molecule has 1 aliphatic rings. The smallest absolute Gasteiger partial charge is 0.113 e. The van der Waals surface area contributed by atoms with Crippen molar-refractivity contribution in [1.82, 2.24) is 0 Å². The summed E-state index contributed by atoms with van der Waals surface area (Å²) in [6.07, 6.45) is -2.64. The zero-order chi connectivity index (χ0) is 14.0. The van der Waals surface area contributed by atoms with Gasteiger partial charge >= 0.3 is 0 Å². The minimum Gasteiger partial charge on any atom is -0.394 e. The van der Waals surface area contributed by atoms with Crippen LogP contribution >= 0.6 is 11.8 Å². The zero-order valence-electron chi connectivity index (χ0n) is 11.1. The molecule has 0 radical (unpaired) electrons. The van der Waals surface area contributed by atoms with Gasteiger partial charge in [0.25, 0.3) is 0 Å². The molecule has 1 heterocycles. The lowest BCUT2D eigenvalue weighted by Crippen LogP contribution is -2.53. The van der Waals surface area contributed by atoms with Crippen LogP contribution in [0.5, 0.6) is 0 Å². The van der Waals surface area contributed by atoms with Gasteiger partial charge in [-0.25, -0.2) is 0 Å². The number of aliphatic hydroxyl groups is 3.